The molecule has 0 fully saturated rings. The first-order valence-electron chi connectivity index (χ1n) is 3.80. The number of alkyl halides is 4. The van der Waals surface area contributed by atoms with Crippen LogP contribution >= 0.6 is 35.1 Å². The molecule has 0 rings (SSSR count). The van der Waals surface area contributed by atoms with Crippen molar-refractivity contribution in [1.82, 2.24) is 0 Å². The third kappa shape index (κ3) is 10.7. The molecule has 0 N–H and O–H groups in total. The van der Waals surface area contributed by atoms with E-state index in [1.807, 2.05) is 6.92 Å². The number of thioether (sulfide) groups is 2. The maximum absolute atomic E-state index is 11.6. The van der Waals surface area contributed by atoms with Crippen LogP contribution in [0.1, 0.15) is 6.92 Å². The van der Waals surface area contributed by atoms with Crippen molar-refractivity contribution in [2.45, 2.75) is 12.4 Å². The summed E-state index contributed by atoms with van der Waals surface area (Å²) in [7, 11) is 0. The zero-order chi connectivity index (χ0) is 10.3. The molecule has 0 saturated heterocycles. The van der Waals surface area contributed by atoms with Gasteiger partial charge in [-0.15, -0.1) is 11.6 Å². The average molecular weight is 253 g/mol. The van der Waals surface area contributed by atoms with E-state index in [0.29, 0.717) is 17.6 Å². The van der Waals surface area contributed by atoms with Crippen LogP contribution in [0.15, 0.2) is 0 Å². The molecule has 0 aromatic heterocycles. The third-order valence-corrected chi connectivity index (χ3v) is 3.98. The van der Waals surface area contributed by atoms with E-state index in [2.05, 4.69) is 0 Å². The van der Waals surface area contributed by atoms with E-state index in [1.54, 1.807) is 0 Å². The van der Waals surface area contributed by atoms with Crippen molar-refractivity contribution < 1.29 is 13.2 Å². The molecule has 0 radical (unpaired) electrons. The van der Waals surface area contributed by atoms with Crippen LogP contribution in [-0.4, -0.2) is 28.6 Å². The van der Waals surface area contributed by atoms with Crippen molar-refractivity contribution in [1.29, 1.82) is 0 Å². The van der Waals surface area contributed by atoms with Gasteiger partial charge in [0.2, 0.25) is 0 Å². The monoisotopic (exact) mass is 252 g/mol. The molecule has 80 valence electrons. The molecule has 0 heterocycles. The summed E-state index contributed by atoms with van der Waals surface area (Å²) >= 11 is 7.10. The highest BCUT2D eigenvalue weighted by Crippen LogP contribution is 2.30. The molecular formula is C7H12ClF3S2. The van der Waals surface area contributed by atoms with Crippen LogP contribution in [0.4, 0.5) is 13.2 Å². The van der Waals surface area contributed by atoms with Crippen LogP contribution in [-0.2, 0) is 0 Å². The summed E-state index contributed by atoms with van der Waals surface area (Å²) in [6.45, 7) is 1.98. The predicted molar refractivity (Wildman–Crippen MR) is 55.7 cm³/mol. The molecule has 0 amide bonds. The van der Waals surface area contributed by atoms with Crippen molar-refractivity contribution in [2.24, 2.45) is 5.92 Å². The molecule has 0 saturated carbocycles. The Kier molecular flexibility index (Phi) is 7.55. The minimum Gasteiger partial charge on any atom is -0.161 e. The second-order valence-electron chi connectivity index (χ2n) is 2.63. The fraction of sp³-hybridized carbons (Fsp3) is 1.00. The van der Waals surface area contributed by atoms with E-state index < -0.39 is 5.51 Å². The van der Waals surface area contributed by atoms with E-state index in [0.717, 1.165) is 5.75 Å². The van der Waals surface area contributed by atoms with Crippen molar-refractivity contribution in [3.05, 3.63) is 0 Å². The first-order chi connectivity index (χ1) is 5.95. The molecular weight excluding hydrogens is 241 g/mol. The van der Waals surface area contributed by atoms with Gasteiger partial charge in [-0.3, -0.25) is 0 Å². The number of rotatable bonds is 6. The lowest BCUT2D eigenvalue weighted by molar-refractivity contribution is -0.0326. The smallest absolute Gasteiger partial charge is 0.161 e. The number of hydrogen-bond donors (Lipinski definition) is 0. The lowest BCUT2D eigenvalue weighted by atomic mass is 10.3. The SMILES string of the molecule is CC(CCl)CSCCSC(F)(F)F. The average Bonchev–Trinajstić information content (AvgIpc) is 2.01. The fourth-order valence-corrected chi connectivity index (χ4v) is 2.51. The Hall–Kier alpha value is 0.780. The van der Waals surface area contributed by atoms with Gasteiger partial charge in [0.15, 0.2) is 0 Å². The van der Waals surface area contributed by atoms with Crippen LogP contribution in [0.25, 0.3) is 0 Å². The third-order valence-electron chi connectivity index (χ3n) is 1.16. The van der Waals surface area contributed by atoms with Gasteiger partial charge in [-0.2, -0.15) is 24.9 Å². The highest BCUT2D eigenvalue weighted by molar-refractivity contribution is 8.03. The van der Waals surface area contributed by atoms with Gasteiger partial charge < -0.3 is 0 Å². The normalized spacial score (nSPS) is 14.5. The first-order valence-corrected chi connectivity index (χ1v) is 6.47. The Labute approximate surface area is 90.0 Å². The van der Waals surface area contributed by atoms with Gasteiger partial charge in [-0.05, 0) is 11.7 Å². The van der Waals surface area contributed by atoms with Gasteiger partial charge in [-0.25, -0.2) is 0 Å². The van der Waals surface area contributed by atoms with Crippen molar-refractivity contribution >= 4 is 35.1 Å². The molecule has 0 aliphatic carbocycles. The lowest BCUT2D eigenvalue weighted by Gasteiger charge is -2.07. The summed E-state index contributed by atoms with van der Waals surface area (Å²) in [5.41, 5.74) is -4.08. The van der Waals surface area contributed by atoms with E-state index in [4.69, 9.17) is 11.6 Å². The molecule has 13 heavy (non-hydrogen) atoms. The van der Waals surface area contributed by atoms with Gasteiger partial charge in [0.05, 0.1) is 0 Å². The van der Waals surface area contributed by atoms with E-state index in [-0.39, 0.29) is 17.5 Å². The summed E-state index contributed by atoms with van der Waals surface area (Å²) in [6.07, 6.45) is 0. The van der Waals surface area contributed by atoms with Crippen molar-refractivity contribution in [2.75, 3.05) is 23.1 Å². The molecule has 0 bridgehead atoms. The van der Waals surface area contributed by atoms with E-state index in [1.165, 1.54) is 11.8 Å². The minimum absolute atomic E-state index is 0.0390. The number of halogens is 4. The van der Waals surface area contributed by atoms with Gasteiger partial charge in [0.25, 0.3) is 0 Å². The Morgan fingerprint density at radius 1 is 1.31 bits per heavy atom. The van der Waals surface area contributed by atoms with Crippen LogP contribution in [0.5, 0.6) is 0 Å². The molecule has 0 aliphatic rings. The van der Waals surface area contributed by atoms with Crippen LogP contribution in [0.2, 0.25) is 0 Å². The molecule has 0 aliphatic heterocycles. The minimum atomic E-state index is -4.08. The predicted octanol–water partition coefficient (Wildman–Crippen LogP) is 3.85. The van der Waals surface area contributed by atoms with Gasteiger partial charge >= 0.3 is 5.51 Å². The van der Waals surface area contributed by atoms with Gasteiger partial charge in [0.1, 0.15) is 0 Å². The van der Waals surface area contributed by atoms with Crippen molar-refractivity contribution in [3.8, 4) is 0 Å². The molecule has 0 aromatic carbocycles. The van der Waals surface area contributed by atoms with Crippen LogP contribution in [0, 0.1) is 5.92 Å². The highest BCUT2D eigenvalue weighted by Gasteiger charge is 2.27. The Balaban J connectivity index is 3.18. The van der Waals surface area contributed by atoms with Gasteiger partial charge in [0, 0.05) is 17.4 Å². The summed E-state index contributed by atoms with van der Waals surface area (Å²) in [5, 5.41) is 0. The second-order valence-corrected chi connectivity index (χ2v) is 5.25. The molecule has 0 spiro atoms. The van der Waals surface area contributed by atoms with E-state index in [9.17, 15) is 13.2 Å². The Bertz CT molecular complexity index is 129. The summed E-state index contributed by atoms with van der Waals surface area (Å²) in [6, 6.07) is 0. The zero-order valence-electron chi connectivity index (χ0n) is 7.23. The standard InChI is InChI=1S/C7H12ClF3S2/c1-6(4-8)5-12-2-3-13-7(9,10)11/h6H,2-5H2,1H3. The lowest BCUT2D eigenvalue weighted by Crippen LogP contribution is -2.04. The van der Waals surface area contributed by atoms with Crippen LogP contribution in [0.3, 0.4) is 0 Å². The Morgan fingerprint density at radius 3 is 2.38 bits per heavy atom. The fourth-order valence-electron chi connectivity index (χ4n) is 0.545. The summed E-state index contributed by atoms with van der Waals surface area (Å²) in [5.74, 6) is 2.44. The molecule has 6 heteroatoms. The quantitative estimate of drug-likeness (QED) is 0.520. The van der Waals surface area contributed by atoms with Crippen LogP contribution < -0.4 is 0 Å². The van der Waals surface area contributed by atoms with Gasteiger partial charge in [-0.1, -0.05) is 18.7 Å². The number of hydrogen-bond acceptors (Lipinski definition) is 2. The summed E-state index contributed by atoms with van der Waals surface area (Å²) < 4.78 is 34.9. The molecule has 1 atom stereocenters. The van der Waals surface area contributed by atoms with E-state index >= 15 is 0 Å². The Morgan fingerprint density at radius 2 is 1.92 bits per heavy atom. The largest absolute Gasteiger partial charge is 0.441 e. The zero-order valence-corrected chi connectivity index (χ0v) is 9.62. The maximum Gasteiger partial charge on any atom is 0.441 e. The molecule has 1 unspecified atom stereocenters. The summed E-state index contributed by atoms with van der Waals surface area (Å²) in [4.78, 5) is 0. The molecule has 0 aromatic rings. The first kappa shape index (κ1) is 13.8. The highest BCUT2D eigenvalue weighted by atomic mass is 35.5. The van der Waals surface area contributed by atoms with Crippen molar-refractivity contribution in [3.63, 3.8) is 0 Å². The topological polar surface area (TPSA) is 0 Å². The second kappa shape index (κ2) is 7.12. The maximum atomic E-state index is 11.6. The molecule has 0 nitrogen and oxygen atoms in total.